The average Bonchev–Trinajstić information content (AvgIpc) is 2.99. The summed E-state index contributed by atoms with van der Waals surface area (Å²) in [6.45, 7) is -2.63. The first-order chi connectivity index (χ1) is 13.5. The van der Waals surface area contributed by atoms with Gasteiger partial charge in [0.15, 0.2) is 11.5 Å². The molecule has 5 atom stereocenters. The van der Waals surface area contributed by atoms with Crippen molar-refractivity contribution in [3.8, 4) is 11.5 Å². The molecule has 2 unspecified atom stereocenters. The minimum Gasteiger partial charge on any atom is -0.493 e. The van der Waals surface area contributed by atoms with Gasteiger partial charge < -0.3 is 19.5 Å². The minimum atomic E-state index is -2.63. The molecule has 4 aliphatic rings. The quantitative estimate of drug-likeness (QED) is 0.841. The van der Waals surface area contributed by atoms with Gasteiger partial charge >= 0.3 is 0 Å². The zero-order chi connectivity index (χ0) is 21.0. The van der Waals surface area contributed by atoms with Crippen LogP contribution in [0.5, 0.6) is 11.5 Å². The third-order valence-electron chi connectivity index (χ3n) is 5.50. The zero-order valence-electron chi connectivity index (χ0n) is 19.1. The molecule has 1 aromatic rings. The molecule has 1 saturated heterocycles. The van der Waals surface area contributed by atoms with Crippen LogP contribution in [0.4, 0.5) is 0 Å². The van der Waals surface area contributed by atoms with Crippen LogP contribution in [0.2, 0.25) is 0 Å². The van der Waals surface area contributed by atoms with Gasteiger partial charge in [0.1, 0.15) is 12.2 Å². The van der Waals surface area contributed by atoms with Crippen molar-refractivity contribution in [2.24, 2.45) is 5.92 Å². The molecule has 0 aromatic heterocycles. The molecule has 2 bridgehead atoms. The van der Waals surface area contributed by atoms with E-state index in [1.54, 1.807) is 24.3 Å². The number of piperidine rings is 1. The first kappa shape index (κ1) is 7.84. The molecule has 22 heavy (non-hydrogen) atoms. The molecule has 2 aliphatic heterocycles. The van der Waals surface area contributed by atoms with Gasteiger partial charge in [0.2, 0.25) is 1.43 Å². The average molecular weight is 306 g/mol. The van der Waals surface area contributed by atoms with Crippen LogP contribution in [0.15, 0.2) is 24.3 Å². The molecular formula is C18H21NO3. The van der Waals surface area contributed by atoms with Crippen LogP contribution in [0, 0.1) is 5.92 Å². The van der Waals surface area contributed by atoms with Crippen LogP contribution < -0.4 is 9.47 Å². The standard InChI is InChI=1S/C18H21NO3/c1-19-8-7-18-11-4-5-13(20)17(18)22-16-14(21-2)6-3-10(15(16)18)9-12(11)19/h3-6,11-13,17,20H,7-9H2,1-2H3/t11-,12+,13?,17?,18-/m0/s1/i1D3,9D2,12D,20D. The third-order valence-corrected chi connectivity index (χ3v) is 5.50. The lowest BCUT2D eigenvalue weighted by Gasteiger charge is -2.56. The summed E-state index contributed by atoms with van der Waals surface area (Å²) in [5.41, 5.74) is 0.000692. The molecule has 1 aromatic carbocycles. The molecule has 5 rings (SSSR count). The van der Waals surface area contributed by atoms with E-state index in [0.717, 1.165) is 4.90 Å². The number of benzene rings is 1. The Morgan fingerprint density at radius 3 is 3.36 bits per heavy atom. The summed E-state index contributed by atoms with van der Waals surface area (Å²) in [6, 6.07) is 1.08. The van der Waals surface area contributed by atoms with Crippen LogP contribution in [-0.4, -0.2) is 50.3 Å². The number of nitrogens with zero attached hydrogens (tertiary/aromatic N) is 1. The Balaban J connectivity index is 1.88. The highest BCUT2D eigenvalue weighted by Crippen LogP contribution is 2.62. The first-order valence-corrected chi connectivity index (χ1v) is 7.51. The number of likely N-dealkylation sites (N-methyl/N-ethyl adjacent to an activating group) is 1. The Labute approximate surface area is 140 Å². The molecule has 1 spiro atoms. The van der Waals surface area contributed by atoms with E-state index in [-0.39, 0.29) is 12.1 Å². The van der Waals surface area contributed by atoms with Crippen molar-refractivity contribution < 1.29 is 22.8 Å². The van der Waals surface area contributed by atoms with E-state index < -0.39 is 42.9 Å². The number of ether oxygens (including phenoxy) is 2. The van der Waals surface area contributed by atoms with Crippen LogP contribution in [0.1, 0.15) is 25.8 Å². The lowest BCUT2D eigenvalue weighted by atomic mass is 9.53. The van der Waals surface area contributed by atoms with Gasteiger partial charge in [-0.15, -0.1) is 0 Å². The maximum Gasteiger partial charge on any atom is 0.211 e. The van der Waals surface area contributed by atoms with E-state index in [0.29, 0.717) is 23.5 Å². The van der Waals surface area contributed by atoms with Gasteiger partial charge in [0, 0.05) is 31.1 Å². The number of aliphatic hydroxyl groups excluding tert-OH is 1. The molecule has 0 amide bonds. The summed E-state index contributed by atoms with van der Waals surface area (Å²) < 4.78 is 70.3. The number of likely N-dealkylation sites (tertiary alicyclic amines) is 1. The zero-order valence-corrected chi connectivity index (χ0v) is 12.1. The lowest BCUT2D eigenvalue weighted by Crippen LogP contribution is -2.64. The molecule has 0 saturated carbocycles. The second kappa shape index (κ2) is 4.06. The van der Waals surface area contributed by atoms with Gasteiger partial charge in [0.05, 0.1) is 7.11 Å². The predicted octanol–water partition coefficient (Wildman–Crippen LogP) is 1.50. The molecule has 2 aliphatic carbocycles. The smallest absolute Gasteiger partial charge is 0.211 e. The Kier molecular flexibility index (Phi) is 1.45. The van der Waals surface area contributed by atoms with Gasteiger partial charge in [-0.2, -0.15) is 0 Å². The fraction of sp³-hybridized carbons (Fsp3) is 0.556. The molecule has 2 heterocycles. The van der Waals surface area contributed by atoms with E-state index in [1.807, 2.05) is 0 Å². The SMILES string of the molecule is [2H]OC1C=C[C@@H]2[C@@]34CCN(C([2H])([2H])[2H])[C@]2([2H])C([2H])([2H])c2ccc(OC)c(c23)OC14. The Hall–Kier alpha value is -1.52. The summed E-state index contributed by atoms with van der Waals surface area (Å²) in [7, 11) is 1.50. The number of rotatable bonds is 2. The second-order valence-corrected chi connectivity index (χ2v) is 6.34. The maximum atomic E-state index is 9.32. The Bertz CT molecular complexity index is 919. The van der Waals surface area contributed by atoms with Gasteiger partial charge in [-0.05, 0) is 37.9 Å². The van der Waals surface area contributed by atoms with E-state index in [2.05, 4.69) is 0 Å². The van der Waals surface area contributed by atoms with Gasteiger partial charge in [-0.1, -0.05) is 18.2 Å². The first-order valence-electron chi connectivity index (χ1n) is 10.9. The van der Waals surface area contributed by atoms with Crippen LogP contribution in [-0.2, 0) is 11.8 Å². The number of hydrogen-bond acceptors (Lipinski definition) is 4. The molecular weight excluding hydrogens is 278 g/mol. The van der Waals surface area contributed by atoms with Gasteiger partial charge in [0.25, 0.3) is 0 Å². The van der Waals surface area contributed by atoms with Crippen molar-refractivity contribution in [3.05, 3.63) is 35.4 Å². The number of hydrogen-bond donors (Lipinski definition) is 1. The summed E-state index contributed by atoms with van der Waals surface area (Å²) >= 11 is 0. The largest absolute Gasteiger partial charge is 0.493 e. The van der Waals surface area contributed by atoms with Crippen LogP contribution in [0.25, 0.3) is 0 Å². The fourth-order valence-electron chi connectivity index (χ4n) is 4.59. The van der Waals surface area contributed by atoms with Crippen molar-refractivity contribution in [2.75, 3.05) is 20.6 Å². The maximum absolute atomic E-state index is 9.32. The van der Waals surface area contributed by atoms with Gasteiger partial charge in [-0.3, -0.25) is 0 Å². The van der Waals surface area contributed by atoms with Crippen molar-refractivity contribution in [2.45, 2.75) is 36.4 Å². The molecule has 1 N–H and O–H groups in total. The van der Waals surface area contributed by atoms with Crippen molar-refractivity contribution in [1.29, 1.82) is 1.43 Å². The second-order valence-electron chi connectivity index (χ2n) is 6.34. The van der Waals surface area contributed by atoms with E-state index in [9.17, 15) is 1.37 Å². The number of aliphatic hydroxyl groups is 1. The van der Waals surface area contributed by atoms with E-state index in [4.69, 9.17) is 22.9 Å². The van der Waals surface area contributed by atoms with Crippen molar-refractivity contribution in [1.82, 2.24) is 4.90 Å². The Morgan fingerprint density at radius 2 is 2.55 bits per heavy atom. The highest BCUT2D eigenvalue weighted by molar-refractivity contribution is 5.62. The molecule has 0 radical (unpaired) electrons. The third kappa shape index (κ3) is 1.28. The van der Waals surface area contributed by atoms with Crippen molar-refractivity contribution in [3.63, 3.8) is 0 Å². The highest BCUT2D eigenvalue weighted by Gasteiger charge is 2.64. The normalized spacial score (nSPS) is 51.9. The fourth-order valence-corrected chi connectivity index (χ4v) is 4.59. The number of methoxy groups -OCH3 is 1. The monoisotopic (exact) mass is 306 g/mol. The van der Waals surface area contributed by atoms with Gasteiger partial charge in [-0.25, -0.2) is 0 Å². The van der Waals surface area contributed by atoms with Crippen molar-refractivity contribution >= 4 is 0 Å². The van der Waals surface area contributed by atoms with E-state index >= 15 is 0 Å². The Morgan fingerprint density at radius 1 is 1.59 bits per heavy atom. The predicted molar refractivity (Wildman–Crippen MR) is 82.5 cm³/mol. The lowest BCUT2D eigenvalue weighted by molar-refractivity contribution is -0.0453. The summed E-state index contributed by atoms with van der Waals surface area (Å²) in [4.78, 5) is 1.00. The molecule has 116 valence electrons. The minimum absolute atomic E-state index is 0.00448. The summed E-state index contributed by atoms with van der Waals surface area (Å²) in [5.74, 6) is 0.0528. The topological polar surface area (TPSA) is 41.9 Å². The highest BCUT2D eigenvalue weighted by atomic mass is 16.5. The molecule has 4 nitrogen and oxygen atoms in total. The molecule has 1 fully saturated rings. The van der Waals surface area contributed by atoms with Crippen LogP contribution >= 0.6 is 0 Å². The molecule has 4 heteroatoms. The summed E-state index contributed by atoms with van der Waals surface area (Å²) in [6.07, 6.45) is -0.0901. The summed E-state index contributed by atoms with van der Waals surface area (Å²) in [5, 5.41) is 4.90. The van der Waals surface area contributed by atoms with Crippen LogP contribution in [0.3, 0.4) is 0 Å². The van der Waals surface area contributed by atoms with E-state index in [1.165, 1.54) is 7.11 Å².